The standard InChI is InChI=1S/C12H16BrN5OS/c1-18(6-8-4-2-3-5-9(8)13)10(19)7-20-12(16)17-11(14)15/h2-5H,6-7H2,1H3,(H5,14,15,16,17). The van der Waals surface area contributed by atoms with Crippen LogP contribution in [0.5, 0.6) is 0 Å². The Labute approximate surface area is 130 Å². The van der Waals surface area contributed by atoms with Crippen LogP contribution in [-0.2, 0) is 11.3 Å². The number of amidine groups is 1. The molecule has 20 heavy (non-hydrogen) atoms. The first kappa shape index (κ1) is 16.5. The zero-order chi connectivity index (χ0) is 15.1. The van der Waals surface area contributed by atoms with Crippen molar-refractivity contribution in [1.29, 1.82) is 5.41 Å². The first-order valence-electron chi connectivity index (χ1n) is 5.68. The van der Waals surface area contributed by atoms with Gasteiger partial charge in [-0.05, 0) is 11.6 Å². The quantitative estimate of drug-likeness (QED) is 0.558. The van der Waals surface area contributed by atoms with Crippen LogP contribution >= 0.6 is 27.7 Å². The molecule has 0 atom stereocenters. The van der Waals surface area contributed by atoms with Crippen molar-refractivity contribution in [2.24, 2.45) is 16.5 Å². The second-order valence-corrected chi connectivity index (χ2v) is 5.79. The Morgan fingerprint density at radius 3 is 2.70 bits per heavy atom. The molecule has 0 spiro atoms. The van der Waals surface area contributed by atoms with Gasteiger partial charge in [0, 0.05) is 18.1 Å². The van der Waals surface area contributed by atoms with E-state index >= 15 is 0 Å². The van der Waals surface area contributed by atoms with Crippen LogP contribution in [-0.4, -0.2) is 34.7 Å². The Hall–Kier alpha value is -1.54. The average molecular weight is 358 g/mol. The average Bonchev–Trinajstić information content (AvgIpc) is 2.37. The molecule has 0 aliphatic carbocycles. The second-order valence-electron chi connectivity index (χ2n) is 3.97. The largest absolute Gasteiger partial charge is 0.370 e. The number of hydrogen-bond donors (Lipinski definition) is 3. The molecule has 0 saturated heterocycles. The molecule has 108 valence electrons. The van der Waals surface area contributed by atoms with Crippen LogP contribution in [0, 0.1) is 5.41 Å². The molecule has 1 rings (SSSR count). The summed E-state index contributed by atoms with van der Waals surface area (Å²) in [5.41, 5.74) is 11.3. The van der Waals surface area contributed by atoms with Crippen LogP contribution in [0.3, 0.4) is 0 Å². The number of rotatable bonds is 4. The van der Waals surface area contributed by atoms with E-state index < -0.39 is 0 Å². The molecule has 0 aliphatic rings. The molecule has 5 N–H and O–H groups in total. The van der Waals surface area contributed by atoms with E-state index in [-0.39, 0.29) is 22.8 Å². The van der Waals surface area contributed by atoms with Crippen LogP contribution in [0.15, 0.2) is 33.7 Å². The predicted octanol–water partition coefficient (Wildman–Crippen LogP) is 1.35. The molecular weight excluding hydrogens is 342 g/mol. The summed E-state index contributed by atoms with van der Waals surface area (Å²) in [5.74, 6) is -0.158. The normalized spacial score (nSPS) is 9.90. The maximum atomic E-state index is 11.9. The number of nitrogens with one attached hydrogen (secondary N) is 1. The number of guanidine groups is 1. The van der Waals surface area contributed by atoms with Crippen molar-refractivity contribution < 1.29 is 4.79 Å². The highest BCUT2D eigenvalue weighted by atomic mass is 79.9. The van der Waals surface area contributed by atoms with Crippen LogP contribution in [0.4, 0.5) is 0 Å². The summed E-state index contributed by atoms with van der Waals surface area (Å²) in [4.78, 5) is 17.1. The SMILES string of the molecule is CN(Cc1ccccc1Br)C(=O)CSC(=N)N=C(N)N. The van der Waals surface area contributed by atoms with Gasteiger partial charge in [0.15, 0.2) is 11.1 Å². The second kappa shape index (κ2) is 7.91. The third-order valence-electron chi connectivity index (χ3n) is 2.35. The number of hydrogen-bond acceptors (Lipinski definition) is 3. The minimum absolute atomic E-state index is 0.0763. The van der Waals surface area contributed by atoms with Crippen LogP contribution in [0.25, 0.3) is 0 Å². The fourth-order valence-electron chi connectivity index (χ4n) is 1.36. The van der Waals surface area contributed by atoms with E-state index in [2.05, 4.69) is 20.9 Å². The van der Waals surface area contributed by atoms with Gasteiger partial charge in [0.2, 0.25) is 5.91 Å². The number of aliphatic imine (C=N–C) groups is 1. The summed E-state index contributed by atoms with van der Waals surface area (Å²) < 4.78 is 0.959. The molecule has 0 unspecified atom stereocenters. The minimum Gasteiger partial charge on any atom is -0.370 e. The highest BCUT2D eigenvalue weighted by molar-refractivity contribution is 9.10. The maximum Gasteiger partial charge on any atom is 0.233 e. The maximum absolute atomic E-state index is 11.9. The van der Waals surface area contributed by atoms with Gasteiger partial charge in [-0.25, -0.2) is 0 Å². The lowest BCUT2D eigenvalue weighted by atomic mass is 10.2. The first-order chi connectivity index (χ1) is 9.40. The van der Waals surface area contributed by atoms with Crippen molar-refractivity contribution in [1.82, 2.24) is 4.90 Å². The molecule has 0 heterocycles. The summed E-state index contributed by atoms with van der Waals surface area (Å²) in [7, 11) is 1.71. The Morgan fingerprint density at radius 1 is 1.45 bits per heavy atom. The number of benzene rings is 1. The van der Waals surface area contributed by atoms with Crippen molar-refractivity contribution >= 4 is 44.7 Å². The number of amides is 1. The van der Waals surface area contributed by atoms with Gasteiger partial charge >= 0.3 is 0 Å². The Bertz CT molecular complexity index is 530. The minimum atomic E-state index is -0.184. The van der Waals surface area contributed by atoms with Gasteiger partial charge in [-0.1, -0.05) is 45.9 Å². The fraction of sp³-hybridized carbons (Fsp3) is 0.250. The third-order valence-corrected chi connectivity index (χ3v) is 3.88. The summed E-state index contributed by atoms with van der Waals surface area (Å²) >= 11 is 4.43. The molecule has 0 saturated carbocycles. The summed E-state index contributed by atoms with van der Waals surface area (Å²) in [6.07, 6.45) is 0. The molecule has 0 aliphatic heterocycles. The van der Waals surface area contributed by atoms with Gasteiger partial charge in [-0.3, -0.25) is 10.2 Å². The lowest BCUT2D eigenvalue weighted by Gasteiger charge is -2.17. The van der Waals surface area contributed by atoms with Crippen molar-refractivity contribution in [2.75, 3.05) is 12.8 Å². The van der Waals surface area contributed by atoms with E-state index in [1.54, 1.807) is 11.9 Å². The lowest BCUT2D eigenvalue weighted by Crippen LogP contribution is -2.28. The number of nitrogens with zero attached hydrogens (tertiary/aromatic N) is 2. The van der Waals surface area contributed by atoms with E-state index in [9.17, 15) is 4.79 Å². The summed E-state index contributed by atoms with van der Waals surface area (Å²) in [6.45, 7) is 0.496. The van der Waals surface area contributed by atoms with Crippen LogP contribution in [0.1, 0.15) is 5.56 Å². The topological polar surface area (TPSA) is 109 Å². The van der Waals surface area contributed by atoms with E-state index in [4.69, 9.17) is 16.9 Å². The van der Waals surface area contributed by atoms with Crippen LogP contribution < -0.4 is 11.5 Å². The molecule has 1 aromatic carbocycles. The molecule has 0 radical (unpaired) electrons. The third kappa shape index (κ3) is 5.62. The number of thioether (sulfide) groups is 1. The van der Waals surface area contributed by atoms with Crippen LogP contribution in [0.2, 0.25) is 0 Å². The van der Waals surface area contributed by atoms with Crippen molar-refractivity contribution in [2.45, 2.75) is 6.54 Å². The fourth-order valence-corrected chi connectivity index (χ4v) is 2.42. The molecule has 8 heteroatoms. The molecule has 1 aromatic rings. The number of carbonyl (C=O) groups is 1. The predicted molar refractivity (Wildman–Crippen MR) is 86.6 cm³/mol. The highest BCUT2D eigenvalue weighted by Gasteiger charge is 2.12. The summed E-state index contributed by atoms with van der Waals surface area (Å²) in [6, 6.07) is 7.71. The van der Waals surface area contributed by atoms with Crippen molar-refractivity contribution in [3.63, 3.8) is 0 Å². The number of nitrogens with two attached hydrogens (primary N) is 2. The van der Waals surface area contributed by atoms with Gasteiger partial charge < -0.3 is 16.4 Å². The van der Waals surface area contributed by atoms with E-state index in [0.717, 1.165) is 21.8 Å². The Kier molecular flexibility index (Phi) is 6.53. The van der Waals surface area contributed by atoms with Gasteiger partial charge in [-0.2, -0.15) is 4.99 Å². The Morgan fingerprint density at radius 2 is 2.10 bits per heavy atom. The molecule has 0 bridgehead atoms. The number of halogens is 1. The lowest BCUT2D eigenvalue weighted by molar-refractivity contribution is -0.127. The van der Waals surface area contributed by atoms with Gasteiger partial charge in [0.25, 0.3) is 0 Å². The first-order valence-corrected chi connectivity index (χ1v) is 7.46. The molecule has 1 amide bonds. The van der Waals surface area contributed by atoms with Gasteiger partial charge in [0.1, 0.15) is 0 Å². The summed E-state index contributed by atoms with van der Waals surface area (Å²) in [5, 5.41) is 7.37. The van der Waals surface area contributed by atoms with E-state index in [1.165, 1.54) is 0 Å². The monoisotopic (exact) mass is 357 g/mol. The Balaban J connectivity index is 2.50. The van der Waals surface area contributed by atoms with E-state index in [0.29, 0.717) is 6.54 Å². The zero-order valence-corrected chi connectivity index (χ0v) is 13.4. The van der Waals surface area contributed by atoms with Crippen molar-refractivity contribution in [3.05, 3.63) is 34.3 Å². The van der Waals surface area contributed by atoms with Gasteiger partial charge in [0.05, 0.1) is 5.75 Å². The molecule has 0 aromatic heterocycles. The molecule has 0 fully saturated rings. The highest BCUT2D eigenvalue weighted by Crippen LogP contribution is 2.17. The van der Waals surface area contributed by atoms with Crippen molar-refractivity contribution in [3.8, 4) is 0 Å². The smallest absolute Gasteiger partial charge is 0.233 e. The number of carbonyl (C=O) groups excluding carboxylic acids is 1. The molecule has 6 nitrogen and oxygen atoms in total. The zero-order valence-electron chi connectivity index (χ0n) is 11.0. The molecular formula is C12H16BrN5OS. The van der Waals surface area contributed by atoms with Gasteiger partial charge in [-0.15, -0.1) is 0 Å². The van der Waals surface area contributed by atoms with E-state index in [1.807, 2.05) is 24.3 Å².